The number of carbonyl (C=O) groups excluding carboxylic acids is 1. The normalized spacial score (nSPS) is 10.9. The number of hydrogen-bond acceptors (Lipinski definition) is 4. The molecule has 3 rings (SSSR count). The van der Waals surface area contributed by atoms with Gasteiger partial charge in [0.1, 0.15) is 10.7 Å². The van der Waals surface area contributed by atoms with Crippen molar-refractivity contribution in [1.29, 1.82) is 0 Å². The van der Waals surface area contributed by atoms with Gasteiger partial charge in [-0.15, -0.1) is 0 Å². The fourth-order valence-corrected chi connectivity index (χ4v) is 2.61. The second-order valence-corrected chi connectivity index (χ2v) is 5.80. The van der Waals surface area contributed by atoms with Gasteiger partial charge < -0.3 is 5.32 Å². The predicted molar refractivity (Wildman–Crippen MR) is 78.0 cm³/mol. The minimum atomic E-state index is -0.180. The number of amides is 1. The van der Waals surface area contributed by atoms with Crippen molar-refractivity contribution >= 4 is 22.2 Å². The highest BCUT2D eigenvalue weighted by atomic mass is 32.1. The number of carbonyl (C=O) groups is 1. The Hall–Kier alpha value is -2.21. The summed E-state index contributed by atoms with van der Waals surface area (Å²) in [5, 5.41) is 8.03. The molecular formula is C14H14N4OS. The molecule has 1 aromatic carbocycles. The molecule has 20 heavy (non-hydrogen) atoms. The molecule has 102 valence electrons. The van der Waals surface area contributed by atoms with Crippen LogP contribution in [0.5, 0.6) is 0 Å². The van der Waals surface area contributed by atoms with Crippen LogP contribution in [0.3, 0.4) is 0 Å². The third-order valence-corrected chi connectivity index (χ3v) is 3.79. The Morgan fingerprint density at radius 1 is 1.30 bits per heavy atom. The number of aryl methyl sites for hydroxylation is 2. The van der Waals surface area contributed by atoms with Gasteiger partial charge in [0.2, 0.25) is 4.96 Å². The Kier molecular flexibility index (Phi) is 3.23. The quantitative estimate of drug-likeness (QED) is 0.804. The highest BCUT2D eigenvalue weighted by Gasteiger charge is 2.12. The number of rotatable bonds is 3. The minimum absolute atomic E-state index is 0.180. The Bertz CT molecular complexity index is 726. The summed E-state index contributed by atoms with van der Waals surface area (Å²) in [6.45, 7) is 4.45. The van der Waals surface area contributed by atoms with Gasteiger partial charge in [-0.25, -0.2) is 9.50 Å². The molecule has 2 aromatic heterocycles. The topological polar surface area (TPSA) is 59.3 Å². The summed E-state index contributed by atoms with van der Waals surface area (Å²) >= 11 is 1.47. The van der Waals surface area contributed by atoms with Crippen LogP contribution < -0.4 is 5.32 Å². The van der Waals surface area contributed by atoms with Crippen LogP contribution in [0.1, 0.15) is 26.6 Å². The van der Waals surface area contributed by atoms with Gasteiger partial charge in [0, 0.05) is 6.54 Å². The zero-order valence-electron chi connectivity index (χ0n) is 11.3. The number of nitrogens with zero attached hydrogens (tertiary/aromatic N) is 3. The molecule has 0 aliphatic rings. The number of imidazole rings is 1. The zero-order valence-corrected chi connectivity index (χ0v) is 12.1. The van der Waals surface area contributed by atoms with Crippen LogP contribution in [-0.2, 0) is 6.54 Å². The molecule has 0 unspecified atom stereocenters. The van der Waals surface area contributed by atoms with Gasteiger partial charge in [0.15, 0.2) is 0 Å². The maximum absolute atomic E-state index is 12.0. The number of hydrogen-bond donors (Lipinski definition) is 1. The van der Waals surface area contributed by atoms with Crippen molar-refractivity contribution in [3.8, 4) is 0 Å². The average Bonchev–Trinajstić information content (AvgIpc) is 2.95. The van der Waals surface area contributed by atoms with E-state index in [4.69, 9.17) is 0 Å². The lowest BCUT2D eigenvalue weighted by atomic mass is 10.1. The van der Waals surface area contributed by atoms with Gasteiger partial charge in [-0.05, 0) is 19.4 Å². The van der Waals surface area contributed by atoms with Crippen LogP contribution in [0, 0.1) is 13.8 Å². The highest BCUT2D eigenvalue weighted by molar-refractivity contribution is 7.16. The molecule has 0 spiro atoms. The molecule has 0 atom stereocenters. The first-order valence-corrected chi connectivity index (χ1v) is 7.10. The summed E-state index contributed by atoms with van der Waals surface area (Å²) in [7, 11) is 0. The third-order valence-electron chi connectivity index (χ3n) is 2.95. The van der Waals surface area contributed by atoms with E-state index >= 15 is 0 Å². The molecule has 6 heteroatoms. The zero-order chi connectivity index (χ0) is 14.1. The molecule has 5 nitrogen and oxygen atoms in total. The SMILES string of the molecule is Cc1ccc(CNC(=O)c2cn3nc(C)sc3n2)cc1. The molecular weight excluding hydrogens is 272 g/mol. The van der Waals surface area contributed by atoms with Crippen molar-refractivity contribution in [2.75, 3.05) is 0 Å². The number of nitrogens with one attached hydrogen (secondary N) is 1. The van der Waals surface area contributed by atoms with Gasteiger partial charge in [-0.3, -0.25) is 4.79 Å². The average molecular weight is 286 g/mol. The van der Waals surface area contributed by atoms with Crippen LogP contribution in [0.25, 0.3) is 4.96 Å². The fraction of sp³-hybridized carbons (Fsp3) is 0.214. The van der Waals surface area contributed by atoms with E-state index in [0.29, 0.717) is 12.2 Å². The van der Waals surface area contributed by atoms with E-state index < -0.39 is 0 Å². The standard InChI is InChI=1S/C14H14N4OS/c1-9-3-5-11(6-4-9)7-15-13(19)12-8-18-14(16-12)20-10(2)17-18/h3-6,8H,7H2,1-2H3,(H,15,19). The fourth-order valence-electron chi connectivity index (χ4n) is 1.89. The van der Waals surface area contributed by atoms with Gasteiger partial charge >= 0.3 is 0 Å². The maximum atomic E-state index is 12.0. The lowest BCUT2D eigenvalue weighted by Gasteiger charge is -2.03. The number of benzene rings is 1. The molecule has 1 N–H and O–H groups in total. The Balaban J connectivity index is 1.69. The van der Waals surface area contributed by atoms with Gasteiger partial charge in [0.05, 0.1) is 6.20 Å². The lowest BCUT2D eigenvalue weighted by molar-refractivity contribution is 0.0946. The molecule has 0 aliphatic carbocycles. The van der Waals surface area contributed by atoms with Gasteiger partial charge in [0.25, 0.3) is 5.91 Å². The predicted octanol–water partition coefficient (Wildman–Crippen LogP) is 2.34. The summed E-state index contributed by atoms with van der Waals surface area (Å²) in [5.41, 5.74) is 2.67. The summed E-state index contributed by atoms with van der Waals surface area (Å²) in [6, 6.07) is 8.07. The van der Waals surface area contributed by atoms with E-state index in [-0.39, 0.29) is 5.91 Å². The molecule has 0 saturated carbocycles. The van der Waals surface area contributed by atoms with E-state index in [1.54, 1.807) is 10.7 Å². The van der Waals surface area contributed by atoms with Crippen LogP contribution in [0.4, 0.5) is 0 Å². The minimum Gasteiger partial charge on any atom is -0.347 e. The molecule has 2 heterocycles. The van der Waals surface area contributed by atoms with Crippen LogP contribution >= 0.6 is 11.3 Å². The molecule has 3 aromatic rings. The van der Waals surface area contributed by atoms with Crippen molar-refractivity contribution in [2.45, 2.75) is 20.4 Å². The van der Waals surface area contributed by atoms with E-state index in [0.717, 1.165) is 15.5 Å². The van der Waals surface area contributed by atoms with Crippen molar-refractivity contribution in [1.82, 2.24) is 19.9 Å². The summed E-state index contributed by atoms with van der Waals surface area (Å²) in [6.07, 6.45) is 1.66. The van der Waals surface area contributed by atoms with E-state index in [1.165, 1.54) is 16.9 Å². The molecule has 1 amide bonds. The molecule has 0 fully saturated rings. The van der Waals surface area contributed by atoms with E-state index in [2.05, 4.69) is 15.4 Å². The lowest BCUT2D eigenvalue weighted by Crippen LogP contribution is -2.23. The number of aromatic nitrogens is 3. The number of fused-ring (bicyclic) bond motifs is 1. The monoisotopic (exact) mass is 286 g/mol. The van der Waals surface area contributed by atoms with Gasteiger partial charge in [-0.1, -0.05) is 41.2 Å². The molecule has 0 aliphatic heterocycles. The smallest absolute Gasteiger partial charge is 0.271 e. The first kappa shape index (κ1) is 12.8. The van der Waals surface area contributed by atoms with E-state index in [9.17, 15) is 4.79 Å². The molecule has 0 radical (unpaired) electrons. The first-order valence-electron chi connectivity index (χ1n) is 6.28. The van der Waals surface area contributed by atoms with Crippen molar-refractivity contribution in [2.24, 2.45) is 0 Å². The third kappa shape index (κ3) is 2.55. The van der Waals surface area contributed by atoms with Crippen molar-refractivity contribution < 1.29 is 4.79 Å². The van der Waals surface area contributed by atoms with Crippen molar-refractivity contribution in [3.05, 3.63) is 52.3 Å². The van der Waals surface area contributed by atoms with Crippen molar-refractivity contribution in [3.63, 3.8) is 0 Å². The Morgan fingerprint density at radius 2 is 2.05 bits per heavy atom. The maximum Gasteiger partial charge on any atom is 0.271 e. The summed E-state index contributed by atoms with van der Waals surface area (Å²) in [4.78, 5) is 17.0. The largest absolute Gasteiger partial charge is 0.347 e. The van der Waals surface area contributed by atoms with Crippen LogP contribution in [0.2, 0.25) is 0 Å². The highest BCUT2D eigenvalue weighted by Crippen LogP contribution is 2.13. The second-order valence-electron chi connectivity index (χ2n) is 4.64. The second kappa shape index (κ2) is 5.05. The Labute approximate surface area is 120 Å². The van der Waals surface area contributed by atoms with Crippen LogP contribution in [0.15, 0.2) is 30.5 Å². The molecule has 0 saturated heterocycles. The summed E-state index contributed by atoms with van der Waals surface area (Å²) < 4.78 is 1.64. The first-order chi connectivity index (χ1) is 9.61. The summed E-state index contributed by atoms with van der Waals surface area (Å²) in [5.74, 6) is -0.180. The van der Waals surface area contributed by atoms with Crippen LogP contribution in [-0.4, -0.2) is 20.5 Å². The van der Waals surface area contributed by atoms with Gasteiger partial charge in [-0.2, -0.15) is 5.10 Å². The Morgan fingerprint density at radius 3 is 2.75 bits per heavy atom. The molecule has 0 bridgehead atoms. The van der Waals surface area contributed by atoms with E-state index in [1.807, 2.05) is 38.1 Å².